The van der Waals surface area contributed by atoms with Gasteiger partial charge in [-0.3, -0.25) is 5.41 Å². The van der Waals surface area contributed by atoms with Crippen molar-refractivity contribution in [3.05, 3.63) is 58.8 Å². The van der Waals surface area contributed by atoms with E-state index in [0.717, 1.165) is 43.1 Å². The zero-order valence-corrected chi connectivity index (χ0v) is 21.4. The molecule has 9 nitrogen and oxygen atoms in total. The maximum atomic E-state index is 11.7. The lowest BCUT2D eigenvalue weighted by Gasteiger charge is -2.33. The summed E-state index contributed by atoms with van der Waals surface area (Å²) in [7, 11) is -0.943. The molecule has 1 fully saturated rings. The first kappa shape index (κ1) is 24.9. The van der Waals surface area contributed by atoms with Crippen LogP contribution in [0.15, 0.2) is 52.8 Å². The Labute approximate surface area is 209 Å². The summed E-state index contributed by atoms with van der Waals surface area (Å²) in [6.45, 7) is 9.11. The summed E-state index contributed by atoms with van der Waals surface area (Å²) in [6, 6.07) is 9.33. The molecule has 186 valence electrons. The number of anilines is 2. The van der Waals surface area contributed by atoms with Crippen LogP contribution in [-0.2, 0) is 11.0 Å². The number of allylic oxidation sites excluding steroid dienone is 1. The number of nitrogen functional groups attached to an aromatic ring is 1. The Morgan fingerprint density at radius 1 is 1.26 bits per heavy atom. The average Bonchev–Trinajstić information content (AvgIpc) is 2.85. The monoisotopic (exact) mass is 495 g/mol. The Morgan fingerprint density at radius 3 is 2.63 bits per heavy atom. The third kappa shape index (κ3) is 5.54. The van der Waals surface area contributed by atoms with E-state index in [9.17, 15) is 4.21 Å². The fourth-order valence-corrected chi connectivity index (χ4v) is 5.23. The van der Waals surface area contributed by atoms with Crippen molar-refractivity contribution < 1.29 is 8.95 Å². The number of hydrogen-bond donors (Lipinski definition) is 3. The number of nitrogens with zero attached hydrogens (tertiary/aromatic N) is 4. The van der Waals surface area contributed by atoms with E-state index in [1.54, 1.807) is 24.7 Å². The quantitative estimate of drug-likeness (QED) is 0.401. The highest BCUT2D eigenvalue weighted by atomic mass is 32.2. The van der Waals surface area contributed by atoms with Crippen LogP contribution in [0.1, 0.15) is 31.9 Å². The summed E-state index contributed by atoms with van der Waals surface area (Å²) in [4.78, 5) is 6.76. The number of benzene rings is 1. The molecule has 1 saturated heterocycles. The highest BCUT2D eigenvalue weighted by Gasteiger charge is 2.23. The number of rotatable bonds is 7. The standard InChI is InChI=1S/C25H33N7O2S/c1-16-14-29-30-17(2)24(16)18(3)34-20-6-7-22(26)21(13-20)25(27)19-5-8-23(28-15-19)31-9-11-32(12-10-31)35(4)33/h5-8,13-15,17-18,27,30H,9-12,26H2,1-4H3/t17?,18-,35?/m1/s1. The predicted molar refractivity (Wildman–Crippen MR) is 143 cm³/mol. The van der Waals surface area contributed by atoms with Gasteiger partial charge in [0.2, 0.25) is 0 Å². The number of nitrogens with one attached hydrogen (secondary N) is 2. The Hall–Kier alpha value is -3.24. The topological polar surface area (TPSA) is 120 Å². The molecular weight excluding hydrogens is 462 g/mol. The fourth-order valence-electron chi connectivity index (χ4n) is 4.55. The van der Waals surface area contributed by atoms with Gasteiger partial charge in [-0.1, -0.05) is 0 Å². The molecule has 0 spiro atoms. The molecule has 0 bridgehead atoms. The van der Waals surface area contributed by atoms with E-state index in [0.29, 0.717) is 28.3 Å². The van der Waals surface area contributed by atoms with Crippen molar-refractivity contribution in [3.63, 3.8) is 0 Å². The van der Waals surface area contributed by atoms with Crippen LogP contribution in [0.5, 0.6) is 5.75 Å². The van der Waals surface area contributed by atoms with Crippen LogP contribution >= 0.6 is 0 Å². The lowest BCUT2D eigenvalue weighted by molar-refractivity contribution is 0.245. The molecule has 1 aromatic carbocycles. The van der Waals surface area contributed by atoms with Crippen molar-refractivity contribution in [1.82, 2.24) is 14.7 Å². The van der Waals surface area contributed by atoms with Gasteiger partial charge < -0.3 is 20.8 Å². The Morgan fingerprint density at radius 2 is 2.00 bits per heavy atom. The van der Waals surface area contributed by atoms with Crippen LogP contribution < -0.4 is 20.8 Å². The zero-order valence-electron chi connectivity index (χ0n) is 20.6. The van der Waals surface area contributed by atoms with Crippen LogP contribution in [0, 0.1) is 5.41 Å². The Kier molecular flexibility index (Phi) is 7.51. The molecule has 2 unspecified atom stereocenters. The Bertz CT molecular complexity index is 1170. The van der Waals surface area contributed by atoms with Gasteiger partial charge in [0.1, 0.15) is 17.7 Å². The molecule has 4 N–H and O–H groups in total. The first-order valence-corrected chi connectivity index (χ1v) is 13.2. The van der Waals surface area contributed by atoms with E-state index in [2.05, 4.69) is 27.3 Å². The fraction of sp³-hybridized carbons (Fsp3) is 0.400. The van der Waals surface area contributed by atoms with Crippen molar-refractivity contribution in [2.75, 3.05) is 43.1 Å². The average molecular weight is 496 g/mol. The lowest BCUT2D eigenvalue weighted by Crippen LogP contribution is -2.47. The van der Waals surface area contributed by atoms with Crippen molar-refractivity contribution in [1.29, 1.82) is 5.41 Å². The van der Waals surface area contributed by atoms with Crippen LogP contribution in [0.3, 0.4) is 0 Å². The SMILES string of the molecule is CC1=C([C@@H](C)Oc2ccc(N)c(C(=N)c3ccc(N4CCN(S(C)=O)CC4)nc3)c2)C(C)NN=C1. The van der Waals surface area contributed by atoms with E-state index >= 15 is 0 Å². The summed E-state index contributed by atoms with van der Waals surface area (Å²) in [5, 5.41) is 12.9. The van der Waals surface area contributed by atoms with Crippen molar-refractivity contribution >= 4 is 34.4 Å². The van der Waals surface area contributed by atoms with Gasteiger partial charge in [0.05, 0.1) is 22.7 Å². The molecule has 0 saturated carbocycles. The number of ether oxygens (including phenoxy) is 1. The first-order valence-electron chi connectivity index (χ1n) is 11.7. The summed E-state index contributed by atoms with van der Waals surface area (Å²) >= 11 is 0. The first-order chi connectivity index (χ1) is 16.7. The lowest BCUT2D eigenvalue weighted by atomic mass is 9.97. The molecule has 1 aromatic heterocycles. The molecule has 4 rings (SSSR count). The van der Waals surface area contributed by atoms with E-state index in [1.165, 1.54) is 0 Å². The van der Waals surface area contributed by atoms with Crippen LogP contribution in [0.4, 0.5) is 11.5 Å². The number of nitrogens with two attached hydrogens (primary N) is 1. The summed E-state index contributed by atoms with van der Waals surface area (Å²) in [6.07, 6.45) is 5.06. The van der Waals surface area contributed by atoms with Gasteiger partial charge in [0.25, 0.3) is 0 Å². The zero-order chi connectivity index (χ0) is 25.1. The second kappa shape index (κ2) is 10.6. The molecule has 2 aromatic rings. The smallest absolute Gasteiger partial charge is 0.128 e. The van der Waals surface area contributed by atoms with Crippen LogP contribution in [0.25, 0.3) is 0 Å². The molecule has 0 aliphatic carbocycles. The minimum absolute atomic E-state index is 0.0817. The summed E-state index contributed by atoms with van der Waals surface area (Å²) in [5.74, 6) is 1.50. The maximum absolute atomic E-state index is 11.7. The van der Waals surface area contributed by atoms with Gasteiger partial charge in [0.15, 0.2) is 0 Å². The van der Waals surface area contributed by atoms with Gasteiger partial charge in [-0.15, -0.1) is 0 Å². The van der Waals surface area contributed by atoms with Gasteiger partial charge in [-0.25, -0.2) is 13.5 Å². The van der Waals surface area contributed by atoms with E-state index in [4.69, 9.17) is 15.9 Å². The second-order valence-corrected chi connectivity index (χ2v) is 10.2. The molecule has 0 amide bonds. The minimum Gasteiger partial charge on any atom is -0.486 e. The number of pyridine rings is 1. The molecule has 3 heterocycles. The normalized spacial score (nSPS) is 20.3. The number of hydrogen-bond acceptors (Lipinski definition) is 8. The highest BCUT2D eigenvalue weighted by Crippen LogP contribution is 2.27. The third-order valence-electron chi connectivity index (χ3n) is 6.46. The van der Waals surface area contributed by atoms with Crippen molar-refractivity contribution in [2.45, 2.75) is 32.9 Å². The summed E-state index contributed by atoms with van der Waals surface area (Å²) in [5.41, 5.74) is 13.6. The largest absolute Gasteiger partial charge is 0.486 e. The highest BCUT2D eigenvalue weighted by molar-refractivity contribution is 7.81. The maximum Gasteiger partial charge on any atom is 0.128 e. The van der Waals surface area contributed by atoms with E-state index in [1.807, 2.05) is 42.4 Å². The molecule has 3 atom stereocenters. The van der Waals surface area contributed by atoms with E-state index in [-0.39, 0.29) is 12.1 Å². The third-order valence-corrected chi connectivity index (χ3v) is 7.55. The molecule has 0 radical (unpaired) electrons. The van der Waals surface area contributed by atoms with Gasteiger partial charge in [0, 0.05) is 61.7 Å². The van der Waals surface area contributed by atoms with Crippen LogP contribution in [0.2, 0.25) is 0 Å². The van der Waals surface area contributed by atoms with Gasteiger partial charge >= 0.3 is 0 Å². The second-order valence-electron chi connectivity index (χ2n) is 8.88. The predicted octanol–water partition coefficient (Wildman–Crippen LogP) is 2.56. The minimum atomic E-state index is -0.943. The molecule has 2 aliphatic heterocycles. The Balaban J connectivity index is 1.47. The van der Waals surface area contributed by atoms with Crippen LogP contribution in [-0.4, -0.2) is 70.0 Å². The van der Waals surface area contributed by atoms with Crippen molar-refractivity contribution in [2.24, 2.45) is 5.10 Å². The molecule has 2 aliphatic rings. The number of hydrazone groups is 1. The molecule has 35 heavy (non-hydrogen) atoms. The van der Waals surface area contributed by atoms with Crippen molar-refractivity contribution in [3.8, 4) is 5.75 Å². The number of piperazine rings is 1. The summed E-state index contributed by atoms with van der Waals surface area (Å²) < 4.78 is 19.9. The molecular formula is C25H33N7O2S. The van der Waals surface area contributed by atoms with E-state index < -0.39 is 11.0 Å². The number of aromatic nitrogens is 1. The molecule has 10 heteroatoms. The van der Waals surface area contributed by atoms with Gasteiger partial charge in [-0.2, -0.15) is 5.10 Å². The van der Waals surface area contributed by atoms with Gasteiger partial charge in [-0.05, 0) is 62.2 Å².